The number of anilines is 2. The van der Waals surface area contributed by atoms with Gasteiger partial charge in [0.1, 0.15) is 5.75 Å². The molecule has 0 saturated heterocycles. The lowest BCUT2D eigenvalue weighted by atomic mass is 9.90. The minimum atomic E-state index is -0.534. The molecule has 34 heavy (non-hydrogen) atoms. The van der Waals surface area contributed by atoms with E-state index in [0.717, 1.165) is 24.1 Å². The Morgan fingerprint density at radius 1 is 1.00 bits per heavy atom. The second kappa shape index (κ2) is 10.5. The molecule has 1 heterocycles. The van der Waals surface area contributed by atoms with Crippen molar-refractivity contribution in [3.05, 3.63) is 90.0 Å². The van der Waals surface area contributed by atoms with E-state index in [0.29, 0.717) is 23.7 Å². The summed E-state index contributed by atoms with van der Waals surface area (Å²) in [6.07, 6.45) is 0.304. The molecule has 0 aliphatic carbocycles. The Labute approximate surface area is 201 Å². The van der Waals surface area contributed by atoms with E-state index < -0.39 is 12.0 Å². The number of ether oxygens (including phenoxy) is 1. The van der Waals surface area contributed by atoms with Crippen LogP contribution < -0.4 is 15.0 Å². The van der Waals surface area contributed by atoms with Gasteiger partial charge in [0, 0.05) is 12.2 Å². The van der Waals surface area contributed by atoms with Crippen LogP contribution in [0.1, 0.15) is 30.4 Å². The van der Waals surface area contributed by atoms with Crippen molar-refractivity contribution in [2.45, 2.75) is 25.4 Å². The van der Waals surface area contributed by atoms with Crippen molar-refractivity contribution in [1.82, 2.24) is 4.90 Å². The fourth-order valence-corrected chi connectivity index (χ4v) is 4.26. The van der Waals surface area contributed by atoms with Crippen molar-refractivity contribution in [2.24, 2.45) is 0 Å². The number of hydrogen-bond acceptors (Lipinski definition) is 4. The molecule has 6 heteroatoms. The van der Waals surface area contributed by atoms with Crippen LogP contribution in [0.4, 0.5) is 11.4 Å². The minimum absolute atomic E-state index is 0.0684. The fourth-order valence-electron chi connectivity index (χ4n) is 4.26. The highest BCUT2D eigenvalue weighted by molar-refractivity contribution is 6.02. The molecule has 3 aromatic carbocycles. The van der Waals surface area contributed by atoms with Crippen molar-refractivity contribution in [1.29, 1.82) is 0 Å². The van der Waals surface area contributed by atoms with Gasteiger partial charge in [-0.3, -0.25) is 9.59 Å². The number of nitrogens with one attached hydrogen (secondary N) is 1. The van der Waals surface area contributed by atoms with E-state index in [1.165, 1.54) is 0 Å². The number of fused-ring (bicyclic) bond motifs is 1. The summed E-state index contributed by atoms with van der Waals surface area (Å²) in [5.74, 6) is -0.000683. The molecule has 1 N–H and O–H groups in total. The van der Waals surface area contributed by atoms with Gasteiger partial charge in [-0.05, 0) is 63.3 Å². The van der Waals surface area contributed by atoms with Crippen molar-refractivity contribution >= 4 is 23.2 Å². The molecule has 176 valence electrons. The number of nitrogens with zero attached hydrogens (tertiary/aromatic N) is 2. The summed E-state index contributed by atoms with van der Waals surface area (Å²) in [4.78, 5) is 30.2. The lowest BCUT2D eigenvalue weighted by Gasteiger charge is -2.33. The molecule has 0 aromatic heterocycles. The third-order valence-corrected chi connectivity index (χ3v) is 5.95. The smallest absolute Gasteiger partial charge is 0.267 e. The van der Waals surface area contributed by atoms with Crippen molar-refractivity contribution in [3.8, 4) is 5.75 Å². The molecule has 1 aliphatic heterocycles. The van der Waals surface area contributed by atoms with E-state index in [1.54, 1.807) is 11.8 Å². The van der Waals surface area contributed by atoms with Crippen LogP contribution in [0.5, 0.6) is 5.75 Å². The molecule has 0 fully saturated rings. The molecule has 0 radical (unpaired) electrons. The van der Waals surface area contributed by atoms with Gasteiger partial charge in [-0.2, -0.15) is 0 Å². The van der Waals surface area contributed by atoms with Crippen LogP contribution in [0.3, 0.4) is 0 Å². The van der Waals surface area contributed by atoms with E-state index in [-0.39, 0.29) is 11.8 Å². The highest BCUT2D eigenvalue weighted by atomic mass is 16.5. The van der Waals surface area contributed by atoms with Gasteiger partial charge in [0.25, 0.3) is 5.91 Å². The van der Waals surface area contributed by atoms with E-state index in [2.05, 4.69) is 10.2 Å². The second-order valence-electron chi connectivity index (χ2n) is 8.83. The predicted octanol–water partition coefficient (Wildman–Crippen LogP) is 4.52. The molecule has 0 bridgehead atoms. The first kappa shape index (κ1) is 23.5. The first-order valence-corrected chi connectivity index (χ1v) is 11.6. The van der Waals surface area contributed by atoms with E-state index in [9.17, 15) is 9.59 Å². The zero-order valence-electron chi connectivity index (χ0n) is 19.9. The molecule has 6 nitrogen and oxygen atoms in total. The zero-order valence-corrected chi connectivity index (χ0v) is 19.9. The first-order chi connectivity index (χ1) is 16.4. The summed E-state index contributed by atoms with van der Waals surface area (Å²) in [6.45, 7) is 3.23. The highest BCUT2D eigenvalue weighted by Crippen LogP contribution is 2.37. The second-order valence-corrected chi connectivity index (χ2v) is 8.83. The molecule has 1 aliphatic rings. The molecule has 1 atom stereocenters. The van der Waals surface area contributed by atoms with Gasteiger partial charge < -0.3 is 19.9 Å². The topological polar surface area (TPSA) is 61.9 Å². The highest BCUT2D eigenvalue weighted by Gasteiger charge is 2.32. The summed E-state index contributed by atoms with van der Waals surface area (Å²) in [5.41, 5.74) is 3.16. The Morgan fingerprint density at radius 2 is 1.62 bits per heavy atom. The SMILES string of the molecule is CC1Oc2ccc(NC(=O)C(c3ccccc3)c3ccccc3)cc2N(CCCN(C)C)C1=O. The van der Waals surface area contributed by atoms with E-state index in [4.69, 9.17) is 4.74 Å². The fraction of sp³-hybridized carbons (Fsp3) is 0.286. The first-order valence-electron chi connectivity index (χ1n) is 11.6. The summed E-state index contributed by atoms with van der Waals surface area (Å²) in [5, 5.41) is 3.07. The van der Waals surface area contributed by atoms with E-state index in [1.807, 2.05) is 93.0 Å². The Balaban J connectivity index is 1.61. The van der Waals surface area contributed by atoms with Gasteiger partial charge >= 0.3 is 0 Å². The monoisotopic (exact) mass is 457 g/mol. The van der Waals surface area contributed by atoms with Crippen LogP contribution in [0.15, 0.2) is 78.9 Å². The maximum Gasteiger partial charge on any atom is 0.267 e. The van der Waals surface area contributed by atoms with Crippen LogP contribution in [-0.2, 0) is 9.59 Å². The predicted molar refractivity (Wildman–Crippen MR) is 135 cm³/mol. The van der Waals surface area contributed by atoms with Gasteiger partial charge in [0.2, 0.25) is 5.91 Å². The van der Waals surface area contributed by atoms with Gasteiger partial charge in [-0.1, -0.05) is 60.7 Å². The van der Waals surface area contributed by atoms with Crippen LogP contribution in [0, 0.1) is 0 Å². The molecule has 3 aromatic rings. The lowest BCUT2D eigenvalue weighted by Crippen LogP contribution is -2.45. The average molecular weight is 458 g/mol. The summed E-state index contributed by atoms with van der Waals surface area (Å²) in [6, 6.07) is 25.0. The van der Waals surface area contributed by atoms with E-state index >= 15 is 0 Å². The quantitative estimate of drug-likeness (QED) is 0.540. The van der Waals surface area contributed by atoms with Gasteiger partial charge in [0.05, 0.1) is 11.6 Å². The molecule has 0 saturated carbocycles. The third-order valence-electron chi connectivity index (χ3n) is 5.95. The van der Waals surface area contributed by atoms with Gasteiger partial charge in [-0.25, -0.2) is 0 Å². The van der Waals surface area contributed by atoms with Crippen molar-refractivity contribution in [2.75, 3.05) is 37.4 Å². The number of carbonyl (C=O) groups is 2. The average Bonchev–Trinajstić information content (AvgIpc) is 2.83. The number of amides is 2. The number of hydrogen-bond donors (Lipinski definition) is 1. The van der Waals surface area contributed by atoms with Crippen LogP contribution in [-0.4, -0.2) is 50.0 Å². The standard InChI is InChI=1S/C28H31N3O3/c1-20-28(33)31(18-10-17-30(2)3)24-19-23(15-16-25(24)34-20)29-27(32)26(21-11-6-4-7-12-21)22-13-8-5-9-14-22/h4-9,11-16,19-20,26H,10,17-18H2,1-3H3,(H,29,32). The number of carbonyl (C=O) groups excluding carboxylic acids is 2. The molecule has 4 rings (SSSR count). The Kier molecular flexibility index (Phi) is 7.28. The van der Waals surface area contributed by atoms with Crippen LogP contribution in [0.25, 0.3) is 0 Å². The third kappa shape index (κ3) is 5.29. The lowest BCUT2D eigenvalue weighted by molar-refractivity contribution is -0.125. The Hall–Kier alpha value is -3.64. The molecule has 2 amide bonds. The number of rotatable bonds is 8. The minimum Gasteiger partial charge on any atom is -0.479 e. The maximum atomic E-state index is 13.5. The summed E-state index contributed by atoms with van der Waals surface area (Å²) in [7, 11) is 4.03. The van der Waals surface area contributed by atoms with Crippen LogP contribution >= 0.6 is 0 Å². The Morgan fingerprint density at radius 3 is 2.21 bits per heavy atom. The van der Waals surface area contributed by atoms with Crippen LogP contribution in [0.2, 0.25) is 0 Å². The Bertz CT molecular complexity index is 1090. The zero-order chi connectivity index (χ0) is 24.1. The molecule has 1 unspecified atom stereocenters. The van der Waals surface area contributed by atoms with Gasteiger partial charge in [-0.15, -0.1) is 0 Å². The molecular formula is C28H31N3O3. The molecule has 0 spiro atoms. The number of benzene rings is 3. The summed E-state index contributed by atoms with van der Waals surface area (Å²) >= 11 is 0. The normalized spacial score (nSPS) is 15.3. The van der Waals surface area contributed by atoms with Crippen molar-refractivity contribution in [3.63, 3.8) is 0 Å². The summed E-state index contributed by atoms with van der Waals surface area (Å²) < 4.78 is 5.83. The van der Waals surface area contributed by atoms with Gasteiger partial charge in [0.15, 0.2) is 6.10 Å². The molecular weight excluding hydrogens is 426 g/mol. The maximum absolute atomic E-state index is 13.5. The van der Waals surface area contributed by atoms with Crippen molar-refractivity contribution < 1.29 is 14.3 Å². The largest absolute Gasteiger partial charge is 0.479 e.